The van der Waals surface area contributed by atoms with Crippen LogP contribution in [0.3, 0.4) is 0 Å². The Bertz CT molecular complexity index is 617. The molecule has 3 fully saturated rings. The number of hydrogen-bond donors (Lipinski definition) is 1. The van der Waals surface area contributed by atoms with Crippen LogP contribution >= 0.6 is 0 Å². The van der Waals surface area contributed by atoms with Gasteiger partial charge in [-0.05, 0) is 36.7 Å². The van der Waals surface area contributed by atoms with Crippen LogP contribution in [0.2, 0.25) is 0 Å². The van der Waals surface area contributed by atoms with Crippen LogP contribution in [0.25, 0.3) is 0 Å². The van der Waals surface area contributed by atoms with Gasteiger partial charge in [-0.3, -0.25) is 9.69 Å². The third-order valence-electron chi connectivity index (χ3n) is 6.81. The molecule has 2 heterocycles. The lowest BCUT2D eigenvalue weighted by atomic mass is 9.64. The van der Waals surface area contributed by atoms with E-state index in [0.29, 0.717) is 5.92 Å². The minimum atomic E-state index is -0.581. The molecule has 1 N–H and O–H groups in total. The largest absolute Gasteiger partial charge is 0.481 e. The highest BCUT2D eigenvalue weighted by Crippen LogP contribution is 2.51. The topological polar surface area (TPSA) is 53.0 Å². The van der Waals surface area contributed by atoms with Gasteiger partial charge in [0.15, 0.2) is 0 Å². The number of rotatable bonds is 5. The van der Waals surface area contributed by atoms with Crippen molar-refractivity contribution in [1.82, 2.24) is 9.80 Å². The van der Waals surface area contributed by atoms with Gasteiger partial charge in [0.1, 0.15) is 0 Å². The zero-order chi connectivity index (χ0) is 18.0. The van der Waals surface area contributed by atoms with Crippen molar-refractivity contribution in [3.8, 4) is 0 Å². The molecule has 5 heteroatoms. The van der Waals surface area contributed by atoms with Gasteiger partial charge in [0.2, 0.25) is 0 Å². The van der Waals surface area contributed by atoms with Gasteiger partial charge >= 0.3 is 5.97 Å². The molecule has 2 saturated heterocycles. The maximum atomic E-state index is 12.2. The lowest BCUT2D eigenvalue weighted by molar-refractivity contribution is -0.152. The van der Waals surface area contributed by atoms with Gasteiger partial charge in [-0.2, -0.15) is 0 Å². The summed E-state index contributed by atoms with van der Waals surface area (Å²) < 4.78 is 5.42. The number of carboxylic acids is 1. The Morgan fingerprint density at radius 1 is 1.15 bits per heavy atom. The zero-order valence-electron chi connectivity index (χ0n) is 15.5. The van der Waals surface area contributed by atoms with Crippen molar-refractivity contribution >= 4 is 5.97 Å². The molecule has 2 aliphatic heterocycles. The van der Waals surface area contributed by atoms with Crippen LogP contribution in [0.15, 0.2) is 30.3 Å². The maximum Gasteiger partial charge on any atom is 0.311 e. The predicted molar refractivity (Wildman–Crippen MR) is 100 cm³/mol. The normalized spacial score (nSPS) is 33.1. The SMILES string of the molecule is O=C(O)[C@]12CCC(c3ccccc3)C[C@H]1CN(CCN1CCOCC1)C2. The van der Waals surface area contributed by atoms with Crippen molar-refractivity contribution in [3.05, 3.63) is 35.9 Å². The Labute approximate surface area is 155 Å². The minimum absolute atomic E-state index is 0.267. The summed E-state index contributed by atoms with van der Waals surface area (Å²) in [6.07, 6.45) is 2.80. The fourth-order valence-electron chi connectivity index (χ4n) is 5.21. The molecule has 4 rings (SSSR count). The van der Waals surface area contributed by atoms with E-state index in [1.165, 1.54) is 5.56 Å². The summed E-state index contributed by atoms with van der Waals surface area (Å²) in [5, 5.41) is 10.0. The molecular weight excluding hydrogens is 328 g/mol. The molecular formula is C21H30N2O3. The Morgan fingerprint density at radius 3 is 2.62 bits per heavy atom. The second-order valence-corrected chi connectivity index (χ2v) is 8.23. The molecule has 1 aliphatic carbocycles. The molecule has 1 aromatic rings. The summed E-state index contributed by atoms with van der Waals surface area (Å²) in [5.74, 6) is 0.194. The van der Waals surface area contributed by atoms with Gasteiger partial charge in [0.25, 0.3) is 0 Å². The molecule has 0 spiro atoms. The summed E-state index contributed by atoms with van der Waals surface area (Å²) in [6.45, 7) is 7.28. The summed E-state index contributed by atoms with van der Waals surface area (Å²) in [5.41, 5.74) is 0.842. The van der Waals surface area contributed by atoms with Crippen LogP contribution < -0.4 is 0 Å². The second kappa shape index (κ2) is 7.67. The van der Waals surface area contributed by atoms with E-state index in [-0.39, 0.29) is 5.92 Å². The molecule has 1 unspecified atom stereocenters. The number of morpholine rings is 1. The van der Waals surface area contributed by atoms with E-state index < -0.39 is 11.4 Å². The average molecular weight is 358 g/mol. The summed E-state index contributed by atoms with van der Waals surface area (Å²) in [4.78, 5) is 17.0. The quantitative estimate of drug-likeness (QED) is 0.875. The van der Waals surface area contributed by atoms with Crippen molar-refractivity contribution in [2.24, 2.45) is 11.3 Å². The summed E-state index contributed by atoms with van der Waals surface area (Å²) in [7, 11) is 0. The number of carboxylic acid groups (broad SMARTS) is 1. The monoisotopic (exact) mass is 358 g/mol. The Morgan fingerprint density at radius 2 is 1.88 bits per heavy atom. The molecule has 0 aromatic heterocycles. The number of hydrogen-bond acceptors (Lipinski definition) is 4. The Kier molecular flexibility index (Phi) is 5.30. The molecule has 0 bridgehead atoms. The fourth-order valence-corrected chi connectivity index (χ4v) is 5.21. The molecule has 142 valence electrons. The predicted octanol–water partition coefficient (Wildman–Crippen LogP) is 2.29. The van der Waals surface area contributed by atoms with Crippen LogP contribution in [0, 0.1) is 11.3 Å². The first-order valence-electron chi connectivity index (χ1n) is 9.98. The van der Waals surface area contributed by atoms with Gasteiger partial charge in [-0.25, -0.2) is 0 Å². The second-order valence-electron chi connectivity index (χ2n) is 8.23. The van der Waals surface area contributed by atoms with Crippen LogP contribution in [0.5, 0.6) is 0 Å². The van der Waals surface area contributed by atoms with Gasteiger partial charge in [0.05, 0.1) is 18.6 Å². The van der Waals surface area contributed by atoms with Crippen molar-refractivity contribution in [1.29, 1.82) is 0 Å². The number of likely N-dealkylation sites (tertiary alicyclic amines) is 1. The smallest absolute Gasteiger partial charge is 0.311 e. The first kappa shape index (κ1) is 18.0. The van der Waals surface area contributed by atoms with Crippen molar-refractivity contribution < 1.29 is 14.6 Å². The van der Waals surface area contributed by atoms with Crippen LogP contribution in [0.1, 0.15) is 30.7 Å². The third kappa shape index (κ3) is 3.53. The summed E-state index contributed by atoms with van der Waals surface area (Å²) in [6, 6.07) is 10.6. The van der Waals surface area contributed by atoms with E-state index in [9.17, 15) is 9.90 Å². The number of aliphatic carboxylic acids is 1. The van der Waals surface area contributed by atoms with E-state index in [0.717, 1.165) is 71.7 Å². The third-order valence-corrected chi connectivity index (χ3v) is 6.81. The number of nitrogens with zero attached hydrogens (tertiary/aromatic N) is 2. The van der Waals surface area contributed by atoms with Crippen molar-refractivity contribution in [2.45, 2.75) is 25.2 Å². The van der Waals surface area contributed by atoms with Gasteiger partial charge in [-0.15, -0.1) is 0 Å². The standard InChI is InChI=1S/C21H30N2O3/c24-20(25)21-7-6-18(17-4-2-1-3-5-17)14-19(21)15-23(16-21)9-8-22-10-12-26-13-11-22/h1-5,18-19H,6-16H2,(H,24,25)/t18?,19-,21-/m0/s1. The lowest BCUT2D eigenvalue weighted by Gasteiger charge is -2.38. The fraction of sp³-hybridized carbons (Fsp3) is 0.667. The van der Waals surface area contributed by atoms with Crippen molar-refractivity contribution in [2.75, 3.05) is 52.5 Å². The van der Waals surface area contributed by atoms with E-state index in [4.69, 9.17) is 4.74 Å². The molecule has 3 atom stereocenters. The average Bonchev–Trinajstić information content (AvgIpc) is 3.07. The van der Waals surface area contributed by atoms with E-state index in [1.807, 2.05) is 0 Å². The van der Waals surface area contributed by atoms with Crippen molar-refractivity contribution in [3.63, 3.8) is 0 Å². The van der Waals surface area contributed by atoms with Crippen LogP contribution in [-0.4, -0.2) is 73.4 Å². The molecule has 3 aliphatic rings. The highest BCUT2D eigenvalue weighted by Gasteiger charge is 2.54. The van der Waals surface area contributed by atoms with Crippen LogP contribution in [-0.2, 0) is 9.53 Å². The van der Waals surface area contributed by atoms with E-state index in [1.54, 1.807) is 0 Å². The molecule has 26 heavy (non-hydrogen) atoms. The van der Waals surface area contributed by atoms with Gasteiger partial charge in [0, 0.05) is 39.3 Å². The summed E-state index contributed by atoms with van der Waals surface area (Å²) >= 11 is 0. The van der Waals surface area contributed by atoms with E-state index in [2.05, 4.69) is 40.1 Å². The molecule has 1 saturated carbocycles. The molecule has 5 nitrogen and oxygen atoms in total. The number of carbonyl (C=O) groups is 1. The molecule has 0 radical (unpaired) electrons. The zero-order valence-corrected chi connectivity index (χ0v) is 15.5. The Balaban J connectivity index is 1.41. The van der Waals surface area contributed by atoms with Gasteiger partial charge < -0.3 is 14.7 Å². The maximum absolute atomic E-state index is 12.2. The number of fused-ring (bicyclic) bond motifs is 1. The van der Waals surface area contributed by atoms with E-state index >= 15 is 0 Å². The molecule has 0 amide bonds. The highest BCUT2D eigenvalue weighted by atomic mass is 16.5. The highest BCUT2D eigenvalue weighted by molar-refractivity contribution is 5.76. The number of benzene rings is 1. The van der Waals surface area contributed by atoms with Gasteiger partial charge in [-0.1, -0.05) is 30.3 Å². The molecule has 1 aromatic carbocycles. The number of ether oxygens (including phenoxy) is 1. The lowest BCUT2D eigenvalue weighted by Crippen LogP contribution is -2.43. The van der Waals surface area contributed by atoms with Crippen LogP contribution in [0.4, 0.5) is 0 Å². The first-order valence-corrected chi connectivity index (χ1v) is 9.98. The minimum Gasteiger partial charge on any atom is -0.481 e. The first-order chi connectivity index (χ1) is 12.7. The Hall–Kier alpha value is -1.43.